The summed E-state index contributed by atoms with van der Waals surface area (Å²) in [4.78, 5) is 22.8. The lowest BCUT2D eigenvalue weighted by molar-refractivity contribution is 0.0729. The fraction of sp³-hybridized carbons (Fsp3) is 0.0625. The molecule has 3 N–H and O–H groups in total. The number of methoxy groups -OCH3 is 1. The molecule has 0 saturated carbocycles. The zero-order valence-electron chi connectivity index (χ0n) is 12.7. The Morgan fingerprint density at radius 1 is 1.21 bits per heavy atom. The van der Waals surface area contributed by atoms with Crippen molar-refractivity contribution in [1.29, 1.82) is 0 Å². The van der Waals surface area contributed by atoms with E-state index in [2.05, 4.69) is 26.5 Å². The molecule has 0 spiro atoms. The van der Waals surface area contributed by atoms with Crippen LogP contribution in [0.5, 0.6) is 11.5 Å². The van der Waals surface area contributed by atoms with E-state index < -0.39 is 12.0 Å². The molecule has 2 aromatic rings. The van der Waals surface area contributed by atoms with E-state index in [-0.39, 0.29) is 5.75 Å². The summed E-state index contributed by atoms with van der Waals surface area (Å²) in [5, 5.41) is 3.67. The fourth-order valence-corrected chi connectivity index (χ4v) is 2.21. The monoisotopic (exact) mass is 391 g/mol. The molecular weight excluding hydrogens is 378 g/mol. The third-order valence-corrected chi connectivity index (χ3v) is 3.56. The average molecular weight is 392 g/mol. The highest BCUT2D eigenvalue weighted by Gasteiger charge is 2.14. The maximum atomic E-state index is 12.1. The summed E-state index contributed by atoms with van der Waals surface area (Å²) in [5.74, 6) is 0.0823. The lowest BCUT2D eigenvalue weighted by atomic mass is 10.2. The lowest BCUT2D eigenvalue weighted by Crippen LogP contribution is -2.24. The standard InChI is InChI=1S/C16H14BrN3O4/c1-23-13-7-11(9-19-20-16(18)22)12(17)8-14(13)24-15(21)10-5-3-2-4-6-10/h2-9H,1H3,(H3,18,20,22)/b19-9+. The summed E-state index contributed by atoms with van der Waals surface area (Å²) >= 11 is 3.34. The highest BCUT2D eigenvalue weighted by Crippen LogP contribution is 2.33. The molecule has 0 saturated heterocycles. The number of primary amides is 1. The molecule has 124 valence electrons. The lowest BCUT2D eigenvalue weighted by Gasteiger charge is -2.11. The highest BCUT2D eigenvalue weighted by atomic mass is 79.9. The molecule has 24 heavy (non-hydrogen) atoms. The van der Waals surface area contributed by atoms with E-state index in [4.69, 9.17) is 15.2 Å². The molecule has 0 aliphatic rings. The Labute approximate surface area is 146 Å². The van der Waals surface area contributed by atoms with Crippen molar-refractivity contribution in [2.45, 2.75) is 0 Å². The Morgan fingerprint density at radius 3 is 2.54 bits per heavy atom. The largest absolute Gasteiger partial charge is 0.493 e. The number of urea groups is 1. The van der Waals surface area contributed by atoms with Gasteiger partial charge in [-0.05, 0) is 40.2 Å². The molecule has 0 aliphatic carbocycles. The van der Waals surface area contributed by atoms with Crippen molar-refractivity contribution in [3.05, 3.63) is 58.1 Å². The van der Waals surface area contributed by atoms with Crippen molar-refractivity contribution in [3.63, 3.8) is 0 Å². The summed E-state index contributed by atoms with van der Waals surface area (Å²) in [7, 11) is 1.45. The number of amides is 2. The first-order valence-electron chi connectivity index (χ1n) is 6.74. The van der Waals surface area contributed by atoms with Crippen molar-refractivity contribution < 1.29 is 19.1 Å². The SMILES string of the molecule is COc1cc(/C=N/NC(N)=O)c(Br)cc1OC(=O)c1ccccc1. The molecule has 2 aromatic carbocycles. The average Bonchev–Trinajstić information content (AvgIpc) is 2.57. The zero-order chi connectivity index (χ0) is 17.5. The van der Waals surface area contributed by atoms with Crippen LogP contribution in [-0.4, -0.2) is 25.3 Å². The number of nitrogens with zero attached hydrogens (tertiary/aromatic N) is 1. The van der Waals surface area contributed by atoms with Crippen LogP contribution in [0.2, 0.25) is 0 Å². The maximum Gasteiger partial charge on any atom is 0.343 e. The molecule has 0 unspecified atom stereocenters. The Morgan fingerprint density at radius 2 is 1.92 bits per heavy atom. The molecule has 0 aliphatic heterocycles. The van der Waals surface area contributed by atoms with Gasteiger partial charge in [-0.3, -0.25) is 0 Å². The quantitative estimate of drug-likeness (QED) is 0.353. The van der Waals surface area contributed by atoms with Gasteiger partial charge >= 0.3 is 12.0 Å². The number of esters is 1. The van der Waals surface area contributed by atoms with E-state index in [1.807, 2.05) is 6.07 Å². The molecule has 2 rings (SSSR count). The molecule has 0 atom stereocenters. The minimum Gasteiger partial charge on any atom is -0.493 e. The number of rotatable bonds is 5. The van der Waals surface area contributed by atoms with Crippen molar-refractivity contribution >= 4 is 34.1 Å². The topological polar surface area (TPSA) is 103 Å². The summed E-state index contributed by atoms with van der Waals surface area (Å²) in [6.07, 6.45) is 1.38. The number of halogens is 1. The van der Waals surface area contributed by atoms with Gasteiger partial charge in [0.15, 0.2) is 11.5 Å². The molecule has 2 amide bonds. The number of hydrogen-bond donors (Lipinski definition) is 2. The van der Waals surface area contributed by atoms with E-state index in [0.717, 1.165) is 0 Å². The van der Waals surface area contributed by atoms with Crippen LogP contribution < -0.4 is 20.6 Å². The van der Waals surface area contributed by atoms with E-state index in [0.29, 0.717) is 21.3 Å². The summed E-state index contributed by atoms with van der Waals surface area (Å²) in [6, 6.07) is 11.0. The molecule has 0 heterocycles. The van der Waals surface area contributed by atoms with Gasteiger partial charge in [-0.25, -0.2) is 15.0 Å². The highest BCUT2D eigenvalue weighted by molar-refractivity contribution is 9.10. The number of benzene rings is 2. The van der Waals surface area contributed by atoms with Crippen LogP contribution in [0.1, 0.15) is 15.9 Å². The van der Waals surface area contributed by atoms with E-state index in [1.54, 1.807) is 36.4 Å². The Kier molecular flexibility index (Phi) is 5.91. The van der Waals surface area contributed by atoms with Gasteiger partial charge in [0.25, 0.3) is 0 Å². The molecule has 0 fully saturated rings. The van der Waals surface area contributed by atoms with Gasteiger partial charge in [0.05, 0.1) is 18.9 Å². The second-order valence-electron chi connectivity index (χ2n) is 4.51. The van der Waals surface area contributed by atoms with Gasteiger partial charge in [0.1, 0.15) is 0 Å². The number of carbonyl (C=O) groups excluding carboxylic acids is 2. The molecule has 0 aromatic heterocycles. The van der Waals surface area contributed by atoms with Gasteiger partial charge in [-0.15, -0.1) is 0 Å². The van der Waals surface area contributed by atoms with Crippen LogP contribution >= 0.6 is 15.9 Å². The van der Waals surface area contributed by atoms with Crippen LogP contribution in [0.4, 0.5) is 4.79 Å². The zero-order valence-corrected chi connectivity index (χ0v) is 14.2. The number of nitrogens with one attached hydrogen (secondary N) is 1. The van der Waals surface area contributed by atoms with Crippen molar-refractivity contribution in [2.75, 3.05) is 7.11 Å². The number of carbonyl (C=O) groups is 2. The Hall–Kier alpha value is -2.87. The smallest absolute Gasteiger partial charge is 0.343 e. The normalized spacial score (nSPS) is 10.4. The second kappa shape index (κ2) is 8.11. The van der Waals surface area contributed by atoms with Gasteiger partial charge in [0.2, 0.25) is 0 Å². The predicted octanol–water partition coefficient (Wildman–Crippen LogP) is 2.68. The van der Waals surface area contributed by atoms with Crippen LogP contribution in [0.25, 0.3) is 0 Å². The number of nitrogens with two attached hydrogens (primary N) is 1. The van der Waals surface area contributed by atoms with E-state index in [1.165, 1.54) is 13.3 Å². The number of hydrogen-bond acceptors (Lipinski definition) is 5. The summed E-state index contributed by atoms with van der Waals surface area (Å²) in [5.41, 5.74) is 8.04. The first-order valence-corrected chi connectivity index (χ1v) is 7.54. The maximum absolute atomic E-state index is 12.1. The van der Waals surface area contributed by atoms with Crippen LogP contribution in [0, 0.1) is 0 Å². The molecular formula is C16H14BrN3O4. The van der Waals surface area contributed by atoms with Gasteiger partial charge in [-0.2, -0.15) is 5.10 Å². The van der Waals surface area contributed by atoms with E-state index in [9.17, 15) is 9.59 Å². The van der Waals surface area contributed by atoms with Gasteiger partial charge in [-0.1, -0.05) is 18.2 Å². The first-order chi connectivity index (χ1) is 11.5. The van der Waals surface area contributed by atoms with E-state index >= 15 is 0 Å². The minimum atomic E-state index is -0.775. The van der Waals surface area contributed by atoms with Crippen LogP contribution in [0.3, 0.4) is 0 Å². The molecule has 0 bridgehead atoms. The van der Waals surface area contributed by atoms with Crippen molar-refractivity contribution in [1.82, 2.24) is 5.43 Å². The van der Waals surface area contributed by atoms with Crippen LogP contribution in [0.15, 0.2) is 52.0 Å². The third kappa shape index (κ3) is 4.56. The number of hydrazone groups is 1. The molecule has 8 heteroatoms. The Bertz CT molecular complexity index is 778. The Balaban J connectivity index is 2.24. The van der Waals surface area contributed by atoms with Gasteiger partial charge < -0.3 is 15.2 Å². The minimum absolute atomic E-state index is 0.248. The molecule has 0 radical (unpaired) electrons. The first kappa shape index (κ1) is 17.5. The third-order valence-electron chi connectivity index (χ3n) is 2.87. The number of ether oxygens (including phenoxy) is 2. The predicted molar refractivity (Wildman–Crippen MR) is 92.4 cm³/mol. The second-order valence-corrected chi connectivity index (χ2v) is 5.37. The summed E-state index contributed by atoms with van der Waals surface area (Å²) < 4.78 is 11.2. The van der Waals surface area contributed by atoms with Crippen molar-refractivity contribution in [2.24, 2.45) is 10.8 Å². The summed E-state index contributed by atoms with van der Waals surface area (Å²) in [6.45, 7) is 0. The fourth-order valence-electron chi connectivity index (χ4n) is 1.79. The molecule has 7 nitrogen and oxygen atoms in total. The van der Waals surface area contributed by atoms with Crippen molar-refractivity contribution in [3.8, 4) is 11.5 Å². The van der Waals surface area contributed by atoms with Gasteiger partial charge in [0, 0.05) is 10.0 Å². The van der Waals surface area contributed by atoms with Crippen LogP contribution in [-0.2, 0) is 0 Å².